The molecule has 3 unspecified atom stereocenters. The van der Waals surface area contributed by atoms with E-state index in [9.17, 15) is 14.7 Å². The van der Waals surface area contributed by atoms with Gasteiger partial charge in [-0.2, -0.15) is 0 Å². The maximum atomic E-state index is 12.7. The fraction of sp³-hybridized carbons (Fsp3) is 0.579. The highest BCUT2D eigenvalue weighted by molar-refractivity contribution is 5.86. The second-order valence-electron chi connectivity index (χ2n) is 7.82. The number of nitrogens with one attached hydrogen (secondary N) is 2. The van der Waals surface area contributed by atoms with E-state index in [2.05, 4.69) is 10.6 Å². The first-order valence-corrected chi connectivity index (χ1v) is 8.64. The number of ether oxygens (including phenoxy) is 1. The summed E-state index contributed by atoms with van der Waals surface area (Å²) in [5.41, 5.74) is 1.31. The van der Waals surface area contributed by atoms with Crippen LogP contribution in [0, 0.1) is 5.92 Å². The molecule has 1 aromatic carbocycles. The highest BCUT2D eigenvalue weighted by atomic mass is 16.6. The number of amides is 2. The average Bonchev–Trinajstić information content (AvgIpc) is 2.79. The van der Waals surface area contributed by atoms with E-state index in [0.29, 0.717) is 6.42 Å². The zero-order valence-corrected chi connectivity index (χ0v) is 15.5. The van der Waals surface area contributed by atoms with Crippen molar-refractivity contribution in [2.75, 3.05) is 0 Å². The second-order valence-corrected chi connectivity index (χ2v) is 7.82. The Balaban J connectivity index is 2.07. The van der Waals surface area contributed by atoms with E-state index in [0.717, 1.165) is 11.1 Å². The number of aliphatic hydroxyl groups excluding tert-OH is 1. The summed E-state index contributed by atoms with van der Waals surface area (Å²) in [6.45, 7) is 9.00. The monoisotopic (exact) mass is 348 g/mol. The van der Waals surface area contributed by atoms with Crippen LogP contribution in [0.4, 0.5) is 4.79 Å². The van der Waals surface area contributed by atoms with Gasteiger partial charge in [-0.3, -0.25) is 4.79 Å². The molecule has 1 aromatic rings. The highest BCUT2D eigenvalue weighted by Gasteiger charge is 2.35. The van der Waals surface area contributed by atoms with Gasteiger partial charge in [0.25, 0.3) is 0 Å². The van der Waals surface area contributed by atoms with Crippen LogP contribution in [0.3, 0.4) is 0 Å². The summed E-state index contributed by atoms with van der Waals surface area (Å²) >= 11 is 0. The Bertz CT molecular complexity index is 637. The van der Waals surface area contributed by atoms with Gasteiger partial charge in [0.15, 0.2) is 0 Å². The topological polar surface area (TPSA) is 87.7 Å². The average molecular weight is 348 g/mol. The number of rotatable bonds is 4. The van der Waals surface area contributed by atoms with Crippen LogP contribution in [0.1, 0.15) is 51.8 Å². The lowest BCUT2D eigenvalue weighted by molar-refractivity contribution is -0.125. The Morgan fingerprint density at radius 2 is 1.88 bits per heavy atom. The van der Waals surface area contributed by atoms with Crippen LogP contribution < -0.4 is 10.6 Å². The maximum Gasteiger partial charge on any atom is 0.408 e. The summed E-state index contributed by atoms with van der Waals surface area (Å²) in [5, 5.41) is 15.8. The zero-order chi connectivity index (χ0) is 18.8. The number of fused-ring (bicyclic) bond motifs is 1. The molecule has 1 aliphatic rings. The normalized spacial score (nSPS) is 20.8. The van der Waals surface area contributed by atoms with Gasteiger partial charge in [-0.05, 0) is 37.8 Å². The molecule has 2 amide bonds. The third-order valence-corrected chi connectivity index (χ3v) is 4.12. The van der Waals surface area contributed by atoms with Gasteiger partial charge in [-0.15, -0.1) is 0 Å². The molecule has 6 heteroatoms. The quantitative estimate of drug-likeness (QED) is 0.779. The molecular weight excluding hydrogens is 320 g/mol. The first kappa shape index (κ1) is 19.2. The third kappa shape index (κ3) is 4.95. The predicted molar refractivity (Wildman–Crippen MR) is 95.0 cm³/mol. The van der Waals surface area contributed by atoms with E-state index >= 15 is 0 Å². The second kappa shape index (κ2) is 7.44. The Morgan fingerprint density at radius 1 is 1.24 bits per heavy atom. The minimum atomic E-state index is -0.741. The van der Waals surface area contributed by atoms with Crippen molar-refractivity contribution in [1.82, 2.24) is 10.6 Å². The van der Waals surface area contributed by atoms with Crippen molar-refractivity contribution in [3.8, 4) is 0 Å². The molecule has 25 heavy (non-hydrogen) atoms. The molecule has 0 saturated heterocycles. The summed E-state index contributed by atoms with van der Waals surface area (Å²) in [6.07, 6.45) is -0.795. The number of carbonyl (C=O) groups excluding carboxylic acids is 2. The standard InChI is InChI=1S/C19H28N2O4/c1-11(2)15(21-18(24)25-19(3,4)5)17(23)20-16-13-9-7-6-8-12(13)10-14(16)22/h6-9,11,14-16,22H,10H2,1-5H3,(H,20,23)(H,21,24). The molecule has 0 spiro atoms. The lowest BCUT2D eigenvalue weighted by atomic mass is 10.0. The molecule has 138 valence electrons. The smallest absolute Gasteiger partial charge is 0.408 e. The molecule has 3 atom stereocenters. The van der Waals surface area contributed by atoms with Crippen LogP contribution in [0.25, 0.3) is 0 Å². The van der Waals surface area contributed by atoms with Crippen molar-refractivity contribution < 1.29 is 19.4 Å². The molecule has 0 bridgehead atoms. The molecule has 1 aliphatic carbocycles. The van der Waals surface area contributed by atoms with Crippen molar-refractivity contribution in [2.24, 2.45) is 5.92 Å². The van der Waals surface area contributed by atoms with Crippen LogP contribution in [-0.4, -0.2) is 34.9 Å². The number of benzene rings is 1. The summed E-state index contributed by atoms with van der Waals surface area (Å²) in [7, 11) is 0. The minimum Gasteiger partial charge on any atom is -0.444 e. The number of carbonyl (C=O) groups is 2. The van der Waals surface area contributed by atoms with Crippen LogP contribution in [0.15, 0.2) is 24.3 Å². The molecule has 0 fully saturated rings. The summed E-state index contributed by atoms with van der Waals surface area (Å²) < 4.78 is 5.24. The summed E-state index contributed by atoms with van der Waals surface area (Å²) in [5.74, 6) is -0.456. The van der Waals surface area contributed by atoms with Crippen LogP contribution >= 0.6 is 0 Å². The lowest BCUT2D eigenvalue weighted by Crippen LogP contribution is -2.52. The van der Waals surface area contributed by atoms with E-state index in [1.54, 1.807) is 20.8 Å². The largest absolute Gasteiger partial charge is 0.444 e. The molecular formula is C19H28N2O4. The van der Waals surface area contributed by atoms with Gasteiger partial charge >= 0.3 is 6.09 Å². The Kier molecular flexibility index (Phi) is 5.72. The van der Waals surface area contributed by atoms with Gasteiger partial charge in [-0.1, -0.05) is 38.1 Å². The van der Waals surface area contributed by atoms with Crippen LogP contribution in [0.2, 0.25) is 0 Å². The fourth-order valence-corrected chi connectivity index (χ4v) is 2.96. The Morgan fingerprint density at radius 3 is 2.48 bits per heavy atom. The number of hydrogen-bond acceptors (Lipinski definition) is 4. The molecule has 0 heterocycles. The number of aliphatic hydroxyl groups is 1. The van der Waals surface area contributed by atoms with Gasteiger partial charge in [0.1, 0.15) is 11.6 Å². The van der Waals surface area contributed by atoms with Crippen molar-refractivity contribution in [1.29, 1.82) is 0 Å². The van der Waals surface area contributed by atoms with Crippen LogP contribution in [0.5, 0.6) is 0 Å². The zero-order valence-electron chi connectivity index (χ0n) is 15.5. The lowest BCUT2D eigenvalue weighted by Gasteiger charge is -2.27. The van der Waals surface area contributed by atoms with Crippen molar-refractivity contribution >= 4 is 12.0 Å². The van der Waals surface area contributed by atoms with Gasteiger partial charge in [0.2, 0.25) is 5.91 Å². The molecule has 0 saturated carbocycles. The minimum absolute atomic E-state index is 0.124. The Labute approximate surface area is 149 Å². The maximum absolute atomic E-state index is 12.7. The van der Waals surface area contributed by atoms with Crippen LogP contribution in [-0.2, 0) is 16.0 Å². The molecule has 0 radical (unpaired) electrons. The van der Waals surface area contributed by atoms with Crippen molar-refractivity contribution in [3.63, 3.8) is 0 Å². The van der Waals surface area contributed by atoms with Gasteiger partial charge in [-0.25, -0.2) is 4.79 Å². The predicted octanol–water partition coefficient (Wildman–Crippen LogP) is 2.31. The fourth-order valence-electron chi connectivity index (χ4n) is 2.96. The molecule has 2 rings (SSSR count). The van der Waals surface area contributed by atoms with E-state index in [1.165, 1.54) is 0 Å². The summed E-state index contributed by atoms with van der Waals surface area (Å²) in [4.78, 5) is 24.7. The molecule has 0 aliphatic heterocycles. The van der Waals surface area contributed by atoms with Gasteiger partial charge < -0.3 is 20.5 Å². The molecule has 0 aromatic heterocycles. The number of alkyl carbamates (subject to hydrolysis) is 1. The van der Waals surface area contributed by atoms with E-state index in [1.807, 2.05) is 38.1 Å². The van der Waals surface area contributed by atoms with Gasteiger partial charge in [0, 0.05) is 6.42 Å². The SMILES string of the molecule is CC(C)C(NC(=O)OC(C)(C)C)C(=O)NC1c2ccccc2CC1O. The summed E-state index contributed by atoms with van der Waals surface area (Å²) in [6, 6.07) is 6.44. The third-order valence-electron chi connectivity index (χ3n) is 4.12. The van der Waals surface area contributed by atoms with Crippen molar-refractivity contribution in [2.45, 2.75) is 64.8 Å². The van der Waals surface area contributed by atoms with Crippen molar-refractivity contribution in [3.05, 3.63) is 35.4 Å². The highest BCUT2D eigenvalue weighted by Crippen LogP contribution is 2.31. The number of hydrogen-bond donors (Lipinski definition) is 3. The first-order chi connectivity index (χ1) is 11.6. The van der Waals surface area contributed by atoms with E-state index in [4.69, 9.17) is 4.74 Å². The Hall–Kier alpha value is -2.08. The van der Waals surface area contributed by atoms with Gasteiger partial charge in [0.05, 0.1) is 12.1 Å². The molecule has 3 N–H and O–H groups in total. The van der Waals surface area contributed by atoms with E-state index in [-0.39, 0.29) is 11.8 Å². The first-order valence-electron chi connectivity index (χ1n) is 8.64. The van der Waals surface area contributed by atoms with E-state index < -0.39 is 29.9 Å². The molecule has 6 nitrogen and oxygen atoms in total.